The summed E-state index contributed by atoms with van der Waals surface area (Å²) in [4.78, 5) is 2.23. The fourth-order valence-electron chi connectivity index (χ4n) is 2.41. The van der Waals surface area contributed by atoms with Crippen LogP contribution in [0, 0.1) is 5.82 Å². The van der Waals surface area contributed by atoms with Gasteiger partial charge < -0.3 is 15.0 Å². The maximum atomic E-state index is 13.8. The monoisotopic (exact) mass is 252 g/mol. The van der Waals surface area contributed by atoms with Gasteiger partial charge in [-0.3, -0.25) is 0 Å². The Morgan fingerprint density at radius 1 is 1.50 bits per heavy atom. The van der Waals surface area contributed by atoms with Crippen LogP contribution in [-0.2, 0) is 0 Å². The molecule has 0 aromatic heterocycles. The Kier molecular flexibility index (Phi) is 4.42. The SMILES string of the molecule is CCOc1ccc(N2CCCC(NC)C2)cc1F. The van der Waals surface area contributed by atoms with Crippen molar-refractivity contribution in [1.82, 2.24) is 5.32 Å². The molecule has 2 rings (SSSR count). The molecular weight excluding hydrogens is 231 g/mol. The molecule has 0 spiro atoms. The van der Waals surface area contributed by atoms with Crippen LogP contribution in [0.2, 0.25) is 0 Å². The van der Waals surface area contributed by atoms with Gasteiger partial charge in [0.2, 0.25) is 0 Å². The Bertz CT molecular complexity index is 397. The standard InChI is InChI=1S/C14H21FN2O/c1-3-18-14-7-6-12(9-13(14)15)17-8-4-5-11(10-17)16-2/h6-7,9,11,16H,3-5,8,10H2,1-2H3. The smallest absolute Gasteiger partial charge is 0.167 e. The van der Waals surface area contributed by atoms with E-state index in [-0.39, 0.29) is 5.82 Å². The van der Waals surface area contributed by atoms with Crippen molar-refractivity contribution in [2.45, 2.75) is 25.8 Å². The number of likely N-dealkylation sites (N-methyl/N-ethyl adjacent to an activating group) is 1. The predicted molar refractivity (Wildman–Crippen MR) is 71.9 cm³/mol. The summed E-state index contributed by atoms with van der Waals surface area (Å²) in [5.74, 6) is 0.0596. The summed E-state index contributed by atoms with van der Waals surface area (Å²) in [5, 5.41) is 3.29. The number of nitrogens with one attached hydrogen (secondary N) is 1. The number of piperidine rings is 1. The molecule has 1 aromatic carbocycles. The van der Waals surface area contributed by atoms with E-state index in [0.717, 1.165) is 25.2 Å². The zero-order valence-electron chi connectivity index (χ0n) is 11.1. The molecule has 100 valence electrons. The Morgan fingerprint density at radius 3 is 3.00 bits per heavy atom. The number of halogens is 1. The van der Waals surface area contributed by atoms with Gasteiger partial charge in [0.15, 0.2) is 11.6 Å². The first-order valence-electron chi connectivity index (χ1n) is 6.59. The van der Waals surface area contributed by atoms with Gasteiger partial charge in [-0.05, 0) is 38.9 Å². The van der Waals surface area contributed by atoms with E-state index in [0.29, 0.717) is 18.4 Å². The molecule has 1 fully saturated rings. The van der Waals surface area contributed by atoms with Crippen LogP contribution >= 0.6 is 0 Å². The predicted octanol–water partition coefficient (Wildman–Crippen LogP) is 2.41. The third kappa shape index (κ3) is 2.93. The van der Waals surface area contributed by atoms with Crippen molar-refractivity contribution in [2.75, 3.05) is 31.6 Å². The van der Waals surface area contributed by atoms with E-state index in [1.165, 1.54) is 6.42 Å². The molecule has 0 bridgehead atoms. The highest BCUT2D eigenvalue weighted by molar-refractivity contribution is 5.50. The van der Waals surface area contributed by atoms with Crippen LogP contribution in [0.3, 0.4) is 0 Å². The Hall–Kier alpha value is -1.29. The molecule has 0 saturated carbocycles. The number of ether oxygens (including phenoxy) is 1. The van der Waals surface area contributed by atoms with Gasteiger partial charge in [0, 0.05) is 30.9 Å². The largest absolute Gasteiger partial charge is 0.491 e. The summed E-state index contributed by atoms with van der Waals surface area (Å²) in [7, 11) is 1.98. The minimum absolute atomic E-state index is 0.277. The molecule has 1 unspecified atom stereocenters. The molecule has 1 heterocycles. The van der Waals surface area contributed by atoms with Crippen molar-refractivity contribution < 1.29 is 9.13 Å². The topological polar surface area (TPSA) is 24.5 Å². The minimum Gasteiger partial charge on any atom is -0.491 e. The fourth-order valence-corrected chi connectivity index (χ4v) is 2.41. The van der Waals surface area contributed by atoms with E-state index >= 15 is 0 Å². The van der Waals surface area contributed by atoms with Crippen LogP contribution in [0.4, 0.5) is 10.1 Å². The molecule has 0 radical (unpaired) electrons. The summed E-state index contributed by atoms with van der Waals surface area (Å²) >= 11 is 0. The molecule has 1 aromatic rings. The molecule has 1 aliphatic heterocycles. The summed E-state index contributed by atoms with van der Waals surface area (Å²) in [5.41, 5.74) is 0.941. The van der Waals surface area contributed by atoms with Crippen LogP contribution in [0.15, 0.2) is 18.2 Å². The second-order valence-corrected chi connectivity index (χ2v) is 4.62. The first kappa shape index (κ1) is 13.1. The lowest BCUT2D eigenvalue weighted by Gasteiger charge is -2.34. The van der Waals surface area contributed by atoms with E-state index in [1.54, 1.807) is 12.1 Å². The maximum absolute atomic E-state index is 13.8. The second kappa shape index (κ2) is 6.05. The van der Waals surface area contributed by atoms with Gasteiger partial charge in [-0.15, -0.1) is 0 Å². The van der Waals surface area contributed by atoms with Crippen molar-refractivity contribution in [2.24, 2.45) is 0 Å². The van der Waals surface area contributed by atoms with Crippen LogP contribution < -0.4 is 15.0 Å². The molecule has 1 atom stereocenters. The van der Waals surface area contributed by atoms with E-state index in [4.69, 9.17) is 4.74 Å². The zero-order valence-corrected chi connectivity index (χ0v) is 11.1. The van der Waals surface area contributed by atoms with E-state index < -0.39 is 0 Å². The third-order valence-corrected chi connectivity index (χ3v) is 3.41. The van der Waals surface area contributed by atoms with Gasteiger partial charge in [0.1, 0.15) is 0 Å². The van der Waals surface area contributed by atoms with Crippen LogP contribution in [0.5, 0.6) is 5.75 Å². The number of hydrogen-bond acceptors (Lipinski definition) is 3. The lowest BCUT2D eigenvalue weighted by Crippen LogP contribution is -2.44. The summed E-state index contributed by atoms with van der Waals surface area (Å²) in [6.45, 7) is 4.27. The van der Waals surface area contributed by atoms with E-state index in [9.17, 15) is 4.39 Å². The van der Waals surface area contributed by atoms with Gasteiger partial charge in [-0.1, -0.05) is 0 Å². The molecule has 4 heteroatoms. The van der Waals surface area contributed by atoms with Gasteiger partial charge >= 0.3 is 0 Å². The average molecular weight is 252 g/mol. The van der Waals surface area contributed by atoms with E-state index in [2.05, 4.69) is 10.2 Å². The van der Waals surface area contributed by atoms with Gasteiger partial charge in [0.05, 0.1) is 6.61 Å². The average Bonchev–Trinajstić information content (AvgIpc) is 2.41. The first-order chi connectivity index (χ1) is 8.74. The molecule has 3 nitrogen and oxygen atoms in total. The third-order valence-electron chi connectivity index (χ3n) is 3.41. The molecule has 0 aliphatic carbocycles. The highest BCUT2D eigenvalue weighted by atomic mass is 19.1. The highest BCUT2D eigenvalue weighted by Gasteiger charge is 2.19. The lowest BCUT2D eigenvalue weighted by molar-refractivity contribution is 0.321. The highest BCUT2D eigenvalue weighted by Crippen LogP contribution is 2.26. The first-order valence-corrected chi connectivity index (χ1v) is 6.59. The number of anilines is 1. The van der Waals surface area contributed by atoms with Crippen molar-refractivity contribution in [3.05, 3.63) is 24.0 Å². The molecule has 1 N–H and O–H groups in total. The Balaban J connectivity index is 2.10. The fraction of sp³-hybridized carbons (Fsp3) is 0.571. The van der Waals surface area contributed by atoms with Gasteiger partial charge in [-0.2, -0.15) is 0 Å². The summed E-state index contributed by atoms with van der Waals surface area (Å²) in [6.07, 6.45) is 2.33. The molecule has 18 heavy (non-hydrogen) atoms. The summed E-state index contributed by atoms with van der Waals surface area (Å²) in [6, 6.07) is 5.72. The molecule has 0 amide bonds. The minimum atomic E-state index is -0.277. The lowest BCUT2D eigenvalue weighted by atomic mass is 10.1. The van der Waals surface area contributed by atoms with Gasteiger partial charge in [0.25, 0.3) is 0 Å². The van der Waals surface area contributed by atoms with E-state index in [1.807, 2.05) is 20.0 Å². The number of rotatable bonds is 4. The zero-order chi connectivity index (χ0) is 13.0. The van der Waals surface area contributed by atoms with Crippen LogP contribution in [0.1, 0.15) is 19.8 Å². The Morgan fingerprint density at radius 2 is 2.33 bits per heavy atom. The van der Waals surface area contributed by atoms with Crippen LogP contribution in [-0.4, -0.2) is 32.8 Å². The Labute approximate surface area is 108 Å². The van der Waals surface area contributed by atoms with Crippen molar-refractivity contribution >= 4 is 5.69 Å². The maximum Gasteiger partial charge on any atom is 0.167 e. The van der Waals surface area contributed by atoms with Crippen LogP contribution in [0.25, 0.3) is 0 Å². The number of benzene rings is 1. The molecular formula is C14H21FN2O. The second-order valence-electron chi connectivity index (χ2n) is 4.62. The summed E-state index contributed by atoms with van der Waals surface area (Å²) < 4.78 is 19.0. The molecule has 1 aliphatic rings. The number of nitrogens with zero attached hydrogens (tertiary/aromatic N) is 1. The molecule has 1 saturated heterocycles. The van der Waals surface area contributed by atoms with Gasteiger partial charge in [-0.25, -0.2) is 4.39 Å². The normalized spacial score (nSPS) is 19.9. The van der Waals surface area contributed by atoms with Crippen molar-refractivity contribution in [3.8, 4) is 5.75 Å². The van der Waals surface area contributed by atoms with Crippen molar-refractivity contribution in [1.29, 1.82) is 0 Å². The number of hydrogen-bond donors (Lipinski definition) is 1. The van der Waals surface area contributed by atoms with Crippen molar-refractivity contribution in [3.63, 3.8) is 0 Å². The quantitative estimate of drug-likeness (QED) is 0.890.